The molecule has 1 N–H and O–H groups in total. The minimum atomic E-state index is -3.70. The highest BCUT2D eigenvalue weighted by atomic mass is 79.9. The van der Waals surface area contributed by atoms with E-state index < -0.39 is 16.1 Å². The summed E-state index contributed by atoms with van der Waals surface area (Å²) in [4.78, 5) is 12.0. The number of nitrogens with one attached hydrogen (secondary N) is 1. The molecule has 5 nitrogen and oxygen atoms in total. The molecule has 1 saturated heterocycles. The van der Waals surface area contributed by atoms with E-state index in [-0.39, 0.29) is 17.3 Å². The van der Waals surface area contributed by atoms with Crippen LogP contribution in [0.25, 0.3) is 0 Å². The molecule has 0 spiro atoms. The van der Waals surface area contributed by atoms with Crippen LogP contribution in [0.5, 0.6) is 0 Å². The Hall–Kier alpha value is -0.440. The normalized spacial score (nSPS) is 20.8. The van der Waals surface area contributed by atoms with Crippen molar-refractivity contribution < 1.29 is 13.2 Å². The second-order valence-electron chi connectivity index (χ2n) is 4.41. The Morgan fingerprint density at radius 2 is 2.10 bits per heavy atom. The predicted molar refractivity (Wildman–Crippen MR) is 82.8 cm³/mol. The Balaban J connectivity index is 2.45. The molecular weight excluding hydrogens is 412 g/mol. The Morgan fingerprint density at radius 3 is 2.70 bits per heavy atom. The van der Waals surface area contributed by atoms with Gasteiger partial charge in [0, 0.05) is 22.0 Å². The average Bonchev–Trinajstić information content (AvgIpc) is 2.37. The van der Waals surface area contributed by atoms with E-state index in [1.54, 1.807) is 19.1 Å². The van der Waals surface area contributed by atoms with Gasteiger partial charge in [-0.3, -0.25) is 4.79 Å². The number of benzene rings is 1. The van der Waals surface area contributed by atoms with Gasteiger partial charge >= 0.3 is 0 Å². The van der Waals surface area contributed by atoms with Crippen molar-refractivity contribution in [3.63, 3.8) is 0 Å². The third-order valence-electron chi connectivity index (χ3n) is 3.15. The molecule has 1 fully saturated rings. The highest BCUT2D eigenvalue weighted by Gasteiger charge is 2.38. The number of sulfonamides is 1. The van der Waals surface area contributed by atoms with Crippen molar-refractivity contribution in [3.8, 4) is 0 Å². The molecule has 2 rings (SSSR count). The van der Waals surface area contributed by atoms with Gasteiger partial charge in [-0.25, -0.2) is 8.42 Å². The molecule has 1 aromatic rings. The summed E-state index contributed by atoms with van der Waals surface area (Å²) in [5, 5.41) is 2.70. The Labute approximate surface area is 135 Å². The molecule has 1 heterocycles. The van der Waals surface area contributed by atoms with Crippen LogP contribution in [0.4, 0.5) is 0 Å². The third kappa shape index (κ3) is 2.93. The zero-order valence-electron chi connectivity index (χ0n) is 10.8. The molecule has 1 amide bonds. The van der Waals surface area contributed by atoms with Gasteiger partial charge in [0.15, 0.2) is 0 Å². The molecule has 1 aliphatic heterocycles. The summed E-state index contributed by atoms with van der Waals surface area (Å²) < 4.78 is 28.0. The highest BCUT2D eigenvalue weighted by molar-refractivity contribution is 9.11. The molecule has 1 aromatic carbocycles. The molecule has 0 radical (unpaired) electrons. The predicted octanol–water partition coefficient (Wildman–Crippen LogP) is 2.11. The third-order valence-corrected chi connectivity index (χ3v) is 6.53. The van der Waals surface area contributed by atoms with Gasteiger partial charge in [-0.05, 0) is 40.5 Å². The summed E-state index contributed by atoms with van der Waals surface area (Å²) in [6.45, 7) is 2.42. The zero-order valence-corrected chi connectivity index (χ0v) is 14.8. The first-order valence-corrected chi connectivity index (χ1v) is 9.15. The van der Waals surface area contributed by atoms with Gasteiger partial charge in [0.05, 0.1) is 4.90 Å². The van der Waals surface area contributed by atoms with Crippen LogP contribution in [0.15, 0.2) is 32.0 Å². The molecule has 0 bridgehead atoms. The first-order valence-electron chi connectivity index (χ1n) is 6.12. The number of carbonyl (C=O) groups is 1. The van der Waals surface area contributed by atoms with Crippen LogP contribution in [-0.2, 0) is 14.8 Å². The van der Waals surface area contributed by atoms with Gasteiger partial charge in [0.25, 0.3) is 0 Å². The highest BCUT2D eigenvalue weighted by Crippen LogP contribution is 2.29. The van der Waals surface area contributed by atoms with Gasteiger partial charge in [0.1, 0.15) is 6.04 Å². The van der Waals surface area contributed by atoms with E-state index >= 15 is 0 Å². The molecule has 1 aliphatic rings. The largest absolute Gasteiger partial charge is 0.353 e. The standard InChI is InChI=1S/C12H14Br2N2O3S/c1-2-10-12(17)15-5-6-16(10)20(18,19)11-4-3-8(13)7-9(11)14/h3-4,7,10H,2,5-6H2,1H3,(H,15,17). The van der Waals surface area contributed by atoms with Crippen molar-refractivity contribution in [1.82, 2.24) is 9.62 Å². The molecule has 1 atom stereocenters. The van der Waals surface area contributed by atoms with Crippen molar-refractivity contribution in [2.75, 3.05) is 13.1 Å². The summed E-state index contributed by atoms with van der Waals surface area (Å²) >= 11 is 6.56. The fourth-order valence-corrected chi connectivity index (χ4v) is 5.55. The van der Waals surface area contributed by atoms with Gasteiger partial charge in [-0.15, -0.1) is 0 Å². The van der Waals surface area contributed by atoms with Crippen molar-refractivity contribution in [2.45, 2.75) is 24.3 Å². The lowest BCUT2D eigenvalue weighted by atomic mass is 10.2. The molecule has 0 aliphatic carbocycles. The second kappa shape index (κ2) is 6.13. The summed E-state index contributed by atoms with van der Waals surface area (Å²) in [6.07, 6.45) is 0.444. The Bertz CT molecular complexity index is 634. The number of rotatable bonds is 3. The summed E-state index contributed by atoms with van der Waals surface area (Å²) in [5.74, 6) is -0.240. The molecule has 1 unspecified atom stereocenters. The maximum absolute atomic E-state index is 12.7. The van der Waals surface area contributed by atoms with Crippen molar-refractivity contribution in [2.24, 2.45) is 0 Å². The molecule has 110 valence electrons. The number of amides is 1. The number of nitrogens with zero attached hydrogens (tertiary/aromatic N) is 1. The lowest BCUT2D eigenvalue weighted by molar-refractivity contribution is -0.126. The van der Waals surface area contributed by atoms with Gasteiger partial charge < -0.3 is 5.32 Å². The summed E-state index contributed by atoms with van der Waals surface area (Å²) in [6, 6.07) is 4.23. The molecule has 0 saturated carbocycles. The van der Waals surface area contributed by atoms with E-state index in [4.69, 9.17) is 0 Å². The fourth-order valence-electron chi connectivity index (χ4n) is 2.18. The maximum Gasteiger partial charge on any atom is 0.244 e. The van der Waals surface area contributed by atoms with Crippen molar-refractivity contribution >= 4 is 47.8 Å². The Morgan fingerprint density at radius 1 is 1.40 bits per heavy atom. The number of hydrogen-bond acceptors (Lipinski definition) is 3. The van der Waals surface area contributed by atoms with E-state index in [0.717, 1.165) is 4.47 Å². The summed E-state index contributed by atoms with van der Waals surface area (Å²) in [5.41, 5.74) is 0. The van der Waals surface area contributed by atoms with Crippen LogP contribution < -0.4 is 5.32 Å². The van der Waals surface area contributed by atoms with Crippen LogP contribution in [0.2, 0.25) is 0 Å². The quantitative estimate of drug-likeness (QED) is 0.806. The number of hydrogen-bond donors (Lipinski definition) is 1. The van der Waals surface area contributed by atoms with Crippen LogP contribution in [0.3, 0.4) is 0 Å². The van der Waals surface area contributed by atoms with Crippen LogP contribution in [0.1, 0.15) is 13.3 Å². The first kappa shape index (κ1) is 15.9. The van der Waals surface area contributed by atoms with E-state index in [9.17, 15) is 13.2 Å². The minimum Gasteiger partial charge on any atom is -0.353 e. The van der Waals surface area contributed by atoms with E-state index in [0.29, 0.717) is 17.4 Å². The van der Waals surface area contributed by atoms with E-state index in [1.165, 1.54) is 10.4 Å². The van der Waals surface area contributed by atoms with E-state index in [1.807, 2.05) is 0 Å². The molecule has 8 heteroatoms. The van der Waals surface area contributed by atoms with Crippen molar-refractivity contribution in [3.05, 3.63) is 27.1 Å². The number of piperazine rings is 1. The summed E-state index contributed by atoms with van der Waals surface area (Å²) in [7, 11) is -3.70. The lowest BCUT2D eigenvalue weighted by Gasteiger charge is -2.33. The second-order valence-corrected chi connectivity index (χ2v) is 8.03. The van der Waals surface area contributed by atoms with Crippen LogP contribution >= 0.6 is 31.9 Å². The SMILES string of the molecule is CCC1C(=O)NCCN1S(=O)(=O)c1ccc(Br)cc1Br. The van der Waals surface area contributed by atoms with E-state index in [2.05, 4.69) is 37.2 Å². The molecular formula is C12H14Br2N2O3S. The smallest absolute Gasteiger partial charge is 0.244 e. The zero-order chi connectivity index (χ0) is 14.9. The maximum atomic E-state index is 12.7. The Kier molecular flexibility index (Phi) is 4.88. The average molecular weight is 426 g/mol. The van der Waals surface area contributed by atoms with Crippen molar-refractivity contribution in [1.29, 1.82) is 0 Å². The fraction of sp³-hybridized carbons (Fsp3) is 0.417. The lowest BCUT2D eigenvalue weighted by Crippen LogP contribution is -2.56. The monoisotopic (exact) mass is 424 g/mol. The minimum absolute atomic E-state index is 0.175. The van der Waals surface area contributed by atoms with Crippen LogP contribution in [-0.4, -0.2) is 37.8 Å². The molecule has 20 heavy (non-hydrogen) atoms. The number of halogens is 2. The number of carbonyl (C=O) groups excluding carboxylic acids is 1. The van der Waals surface area contributed by atoms with Crippen LogP contribution in [0, 0.1) is 0 Å². The van der Waals surface area contributed by atoms with Gasteiger partial charge in [0.2, 0.25) is 15.9 Å². The van der Waals surface area contributed by atoms with Gasteiger partial charge in [-0.1, -0.05) is 22.9 Å². The topological polar surface area (TPSA) is 66.5 Å². The molecule has 0 aromatic heterocycles. The van der Waals surface area contributed by atoms with Gasteiger partial charge in [-0.2, -0.15) is 4.31 Å². The first-order chi connectivity index (χ1) is 9.37.